The topological polar surface area (TPSA) is 171 Å². The number of halogens is 3. The van der Waals surface area contributed by atoms with Crippen LogP contribution in [-0.2, 0) is 38.1 Å². The summed E-state index contributed by atoms with van der Waals surface area (Å²) in [7, 11) is 0. The minimum atomic E-state index is -2.36. The van der Waals surface area contributed by atoms with Crippen molar-refractivity contribution in [1.82, 2.24) is 10.4 Å². The first-order chi connectivity index (χ1) is 17.7. The summed E-state index contributed by atoms with van der Waals surface area (Å²) in [5.74, 6) is -4.83. The van der Waals surface area contributed by atoms with Crippen molar-refractivity contribution < 1.29 is 47.7 Å². The van der Waals surface area contributed by atoms with Crippen molar-refractivity contribution in [2.24, 2.45) is 0 Å². The van der Waals surface area contributed by atoms with Crippen LogP contribution in [-0.4, -0.2) is 81.7 Å². The van der Waals surface area contributed by atoms with Crippen LogP contribution in [0, 0.1) is 5.41 Å². The standard InChI is InChI=1S/C22H22Cl3N3O10/c1-9(29)34-8-14-16(35-10(2)30)17(36-11(3)31)15(20(37-14)38-21(26)22(23,24)25)27-28-18(32)12-6-4-5-7-13(12)19(28)33/h4-7,14-17,20,26-27H,8H2,1-3H3/t14-,15-,16-,17-,20+/m1/s1. The average molecular weight is 595 g/mol. The van der Waals surface area contributed by atoms with Gasteiger partial charge in [0.25, 0.3) is 15.6 Å². The zero-order chi connectivity index (χ0) is 28.4. The summed E-state index contributed by atoms with van der Waals surface area (Å²) in [5, 5.41) is 8.62. The van der Waals surface area contributed by atoms with Crippen molar-refractivity contribution in [3.05, 3.63) is 35.4 Å². The first-order valence-corrected chi connectivity index (χ1v) is 12.0. The number of amides is 2. The molecule has 0 aliphatic carbocycles. The maximum absolute atomic E-state index is 13.0. The molecule has 1 saturated heterocycles. The van der Waals surface area contributed by atoms with Crippen LogP contribution in [0.25, 0.3) is 0 Å². The summed E-state index contributed by atoms with van der Waals surface area (Å²) in [6, 6.07) is 4.47. The first kappa shape index (κ1) is 29.6. The number of rotatable bonds is 7. The molecule has 0 aromatic heterocycles. The molecule has 13 nitrogen and oxygen atoms in total. The largest absolute Gasteiger partial charge is 0.463 e. The van der Waals surface area contributed by atoms with Crippen LogP contribution >= 0.6 is 34.8 Å². The SMILES string of the molecule is CC(=O)OC[C@H]1O[C@@H](OC(=N)C(Cl)(Cl)Cl)[C@H](NN2C(=O)c3ccccc3C2=O)[C@@H](OC(C)=O)[C@@H]1OC(C)=O. The maximum Gasteiger partial charge on any atom is 0.303 e. The highest BCUT2D eigenvalue weighted by atomic mass is 35.6. The number of benzene rings is 1. The van der Waals surface area contributed by atoms with Gasteiger partial charge in [0.15, 0.2) is 12.2 Å². The lowest BCUT2D eigenvalue weighted by atomic mass is 9.96. The number of carbonyl (C=O) groups excluding carboxylic acids is 5. The van der Waals surface area contributed by atoms with Gasteiger partial charge in [0, 0.05) is 20.8 Å². The van der Waals surface area contributed by atoms with Crippen LogP contribution < -0.4 is 5.43 Å². The molecule has 1 aromatic rings. The van der Waals surface area contributed by atoms with Crippen molar-refractivity contribution in [3.63, 3.8) is 0 Å². The van der Waals surface area contributed by atoms with Crippen LogP contribution in [0.15, 0.2) is 24.3 Å². The van der Waals surface area contributed by atoms with E-state index in [1.54, 1.807) is 12.1 Å². The third kappa shape index (κ3) is 6.72. The fourth-order valence-electron chi connectivity index (χ4n) is 3.78. The van der Waals surface area contributed by atoms with Gasteiger partial charge < -0.3 is 23.7 Å². The highest BCUT2D eigenvalue weighted by Gasteiger charge is 2.54. The number of ether oxygens (including phenoxy) is 5. The van der Waals surface area contributed by atoms with Crippen molar-refractivity contribution in [1.29, 1.82) is 5.41 Å². The molecule has 206 valence electrons. The molecule has 2 amide bonds. The molecule has 0 unspecified atom stereocenters. The van der Waals surface area contributed by atoms with E-state index in [9.17, 15) is 24.0 Å². The van der Waals surface area contributed by atoms with Gasteiger partial charge in [-0.15, -0.1) is 0 Å². The number of nitrogens with zero attached hydrogens (tertiary/aromatic N) is 1. The Balaban J connectivity index is 2.05. The summed E-state index contributed by atoms with van der Waals surface area (Å²) >= 11 is 17.2. The summed E-state index contributed by atoms with van der Waals surface area (Å²) in [6.07, 6.45) is -5.99. The second-order valence-electron chi connectivity index (χ2n) is 8.08. The van der Waals surface area contributed by atoms with E-state index >= 15 is 0 Å². The van der Waals surface area contributed by atoms with Crippen LogP contribution in [0.4, 0.5) is 0 Å². The second-order valence-corrected chi connectivity index (χ2v) is 10.4. The summed E-state index contributed by atoms with van der Waals surface area (Å²) in [6.45, 7) is 2.74. The van der Waals surface area contributed by atoms with Gasteiger partial charge in [-0.3, -0.25) is 29.4 Å². The third-order valence-electron chi connectivity index (χ3n) is 5.26. The predicted molar refractivity (Wildman–Crippen MR) is 129 cm³/mol. The predicted octanol–water partition coefficient (Wildman–Crippen LogP) is 1.67. The molecular formula is C22H22Cl3N3O10. The van der Waals surface area contributed by atoms with Gasteiger partial charge in [-0.1, -0.05) is 46.9 Å². The van der Waals surface area contributed by atoms with E-state index in [1.807, 2.05) is 0 Å². The Morgan fingerprint density at radius 3 is 1.95 bits per heavy atom. The van der Waals surface area contributed by atoms with Gasteiger partial charge in [0.1, 0.15) is 18.8 Å². The number of imide groups is 1. The van der Waals surface area contributed by atoms with Crippen molar-refractivity contribution in [3.8, 4) is 0 Å². The zero-order valence-electron chi connectivity index (χ0n) is 20.1. The second kappa shape index (κ2) is 11.8. The van der Waals surface area contributed by atoms with Gasteiger partial charge in [0.05, 0.1) is 11.1 Å². The van der Waals surface area contributed by atoms with E-state index in [0.717, 1.165) is 20.8 Å². The number of esters is 3. The van der Waals surface area contributed by atoms with E-state index in [2.05, 4.69) is 5.43 Å². The van der Waals surface area contributed by atoms with E-state index in [1.165, 1.54) is 12.1 Å². The lowest BCUT2D eigenvalue weighted by Crippen LogP contribution is -2.69. The molecular weight excluding hydrogens is 573 g/mol. The van der Waals surface area contributed by atoms with E-state index in [0.29, 0.717) is 5.01 Å². The van der Waals surface area contributed by atoms with Crippen LogP contribution in [0.2, 0.25) is 0 Å². The van der Waals surface area contributed by atoms with Gasteiger partial charge >= 0.3 is 17.9 Å². The van der Waals surface area contributed by atoms with Crippen molar-refractivity contribution in [2.75, 3.05) is 6.61 Å². The monoisotopic (exact) mass is 593 g/mol. The lowest BCUT2D eigenvalue weighted by Gasteiger charge is -2.45. The van der Waals surface area contributed by atoms with Gasteiger partial charge in [-0.05, 0) is 12.1 Å². The van der Waals surface area contributed by atoms with E-state index < -0.39 is 76.7 Å². The minimum Gasteiger partial charge on any atom is -0.463 e. The van der Waals surface area contributed by atoms with Crippen molar-refractivity contribution in [2.45, 2.75) is 55.2 Å². The summed E-state index contributed by atoms with van der Waals surface area (Å²) in [4.78, 5) is 61.5. The van der Waals surface area contributed by atoms with Gasteiger partial charge in [-0.25, -0.2) is 10.4 Å². The lowest BCUT2D eigenvalue weighted by molar-refractivity contribution is -0.264. The summed E-state index contributed by atoms with van der Waals surface area (Å²) < 4.78 is 24.6. The molecule has 1 fully saturated rings. The Labute approximate surface area is 231 Å². The fraction of sp³-hybridized carbons (Fsp3) is 0.455. The summed E-state index contributed by atoms with van der Waals surface area (Å²) in [5.41, 5.74) is 2.77. The van der Waals surface area contributed by atoms with Crippen molar-refractivity contribution >= 4 is 70.4 Å². The van der Waals surface area contributed by atoms with Gasteiger partial charge in [-0.2, -0.15) is 0 Å². The molecule has 16 heteroatoms. The molecule has 2 N–H and O–H groups in total. The molecule has 38 heavy (non-hydrogen) atoms. The Morgan fingerprint density at radius 2 is 1.47 bits per heavy atom. The quantitative estimate of drug-likeness (QED) is 0.117. The van der Waals surface area contributed by atoms with E-state index in [-0.39, 0.29) is 11.1 Å². The highest BCUT2D eigenvalue weighted by Crippen LogP contribution is 2.33. The Kier molecular flexibility index (Phi) is 9.21. The average Bonchev–Trinajstić information content (AvgIpc) is 3.05. The number of fused-ring (bicyclic) bond motifs is 1. The number of carbonyl (C=O) groups is 5. The molecule has 0 spiro atoms. The van der Waals surface area contributed by atoms with Crippen LogP contribution in [0.1, 0.15) is 41.5 Å². The van der Waals surface area contributed by atoms with E-state index in [4.69, 9.17) is 63.9 Å². The number of hydrazine groups is 1. The number of alkyl halides is 3. The molecule has 2 aliphatic rings. The molecule has 0 bridgehead atoms. The normalized spacial score (nSPS) is 24.9. The van der Waals surface area contributed by atoms with Gasteiger partial charge in [0.2, 0.25) is 12.2 Å². The first-order valence-electron chi connectivity index (χ1n) is 10.9. The number of hydrogen-bond acceptors (Lipinski definition) is 12. The Bertz CT molecular complexity index is 1120. The molecule has 3 rings (SSSR count). The fourth-order valence-corrected chi connectivity index (χ4v) is 3.91. The molecule has 2 aliphatic heterocycles. The third-order valence-corrected chi connectivity index (χ3v) is 5.78. The smallest absolute Gasteiger partial charge is 0.303 e. The number of hydrogen-bond donors (Lipinski definition) is 2. The van der Waals surface area contributed by atoms with Crippen LogP contribution in [0.5, 0.6) is 0 Å². The minimum absolute atomic E-state index is 0.0848. The highest BCUT2D eigenvalue weighted by molar-refractivity contribution is 6.76. The molecule has 0 saturated carbocycles. The molecule has 2 heterocycles. The van der Waals surface area contributed by atoms with Crippen LogP contribution in [0.3, 0.4) is 0 Å². The Morgan fingerprint density at radius 1 is 0.947 bits per heavy atom. The molecule has 1 aromatic carbocycles. The zero-order valence-corrected chi connectivity index (χ0v) is 22.3. The molecule has 5 atom stereocenters. The Hall–Kier alpha value is -2.97. The number of nitrogens with one attached hydrogen (secondary N) is 2. The molecule has 0 radical (unpaired) electrons. The maximum atomic E-state index is 13.0.